The molecule has 0 aliphatic rings. The Morgan fingerprint density at radius 1 is 0.517 bits per heavy atom. The highest BCUT2D eigenvalue weighted by Gasteiger charge is 2.39. The summed E-state index contributed by atoms with van der Waals surface area (Å²) in [5.74, 6) is -0.951. The molecule has 0 atom stereocenters. The van der Waals surface area contributed by atoms with Gasteiger partial charge in [0.2, 0.25) is 0 Å². The topological polar surface area (TPSA) is 52.6 Å². The number of carbonyl (C=O) groups excluding carboxylic acids is 2. The minimum absolute atomic E-state index is 0.383. The average Bonchev–Trinajstić information content (AvgIpc) is 2.70. The van der Waals surface area contributed by atoms with Crippen molar-refractivity contribution in [3.63, 3.8) is 0 Å². The van der Waals surface area contributed by atoms with E-state index in [-0.39, 0.29) is 0 Å². The maximum absolute atomic E-state index is 12.2. The zero-order chi connectivity index (χ0) is 21.8. The van der Waals surface area contributed by atoms with Gasteiger partial charge in [0, 0.05) is 0 Å². The maximum Gasteiger partial charge on any atom is 0.322 e. The average molecular weight is 413 g/mol. The third-order valence-corrected chi connectivity index (χ3v) is 5.48. The first-order valence-corrected chi connectivity index (χ1v) is 12.3. The van der Waals surface area contributed by atoms with Crippen LogP contribution in [0.4, 0.5) is 0 Å². The van der Waals surface area contributed by atoms with Gasteiger partial charge in [0.05, 0.1) is 13.2 Å². The fraction of sp³-hybridized carbons (Fsp3) is 0.920. The van der Waals surface area contributed by atoms with Crippen LogP contribution in [0, 0.1) is 5.41 Å². The molecule has 0 saturated heterocycles. The number of ether oxygens (including phenoxy) is 2. The Morgan fingerprint density at radius 3 is 1.14 bits per heavy atom. The summed E-state index contributed by atoms with van der Waals surface area (Å²) in [5, 5.41) is 0. The van der Waals surface area contributed by atoms with E-state index in [1.807, 2.05) is 0 Å². The molecule has 0 bridgehead atoms. The number of unbranched alkanes of at least 4 members (excludes halogenated alkanes) is 14. The summed E-state index contributed by atoms with van der Waals surface area (Å²) in [6.07, 6.45) is 19.5. The number of hydrogen-bond donors (Lipinski definition) is 0. The lowest BCUT2D eigenvalue weighted by Crippen LogP contribution is -2.37. The minimum atomic E-state index is -1.22. The van der Waals surface area contributed by atoms with Crippen LogP contribution >= 0.6 is 0 Å². The molecule has 4 nitrogen and oxygen atoms in total. The van der Waals surface area contributed by atoms with E-state index in [0.717, 1.165) is 38.5 Å². The van der Waals surface area contributed by atoms with Crippen LogP contribution in [0.25, 0.3) is 0 Å². The van der Waals surface area contributed by atoms with Gasteiger partial charge in [0.15, 0.2) is 5.41 Å². The molecule has 0 radical (unpaired) electrons. The second kappa shape index (κ2) is 18.9. The molecule has 0 fully saturated rings. The fourth-order valence-corrected chi connectivity index (χ4v) is 3.25. The number of hydrogen-bond acceptors (Lipinski definition) is 4. The van der Waals surface area contributed by atoms with Crippen LogP contribution in [0.5, 0.6) is 0 Å². The number of carbonyl (C=O) groups is 2. The van der Waals surface area contributed by atoms with Crippen LogP contribution in [-0.2, 0) is 19.1 Å². The van der Waals surface area contributed by atoms with Gasteiger partial charge in [-0.3, -0.25) is 9.59 Å². The van der Waals surface area contributed by atoms with Gasteiger partial charge < -0.3 is 9.47 Å². The molecule has 0 aliphatic heterocycles. The molecule has 0 N–H and O–H groups in total. The lowest BCUT2D eigenvalue weighted by Gasteiger charge is -2.20. The largest absolute Gasteiger partial charge is 0.465 e. The predicted molar refractivity (Wildman–Crippen MR) is 121 cm³/mol. The zero-order valence-corrected chi connectivity index (χ0v) is 19.9. The first-order valence-electron chi connectivity index (χ1n) is 12.3. The number of esters is 2. The van der Waals surface area contributed by atoms with Crippen molar-refractivity contribution in [3.8, 4) is 0 Å². The Bertz CT molecular complexity index is 404. The zero-order valence-electron chi connectivity index (χ0n) is 19.9. The predicted octanol–water partition coefficient (Wildman–Crippen LogP) is 7.38. The third kappa shape index (κ3) is 15.4. The fourth-order valence-electron chi connectivity index (χ4n) is 3.25. The van der Waals surface area contributed by atoms with Gasteiger partial charge in [0.25, 0.3) is 0 Å². The van der Waals surface area contributed by atoms with E-state index in [2.05, 4.69) is 13.8 Å². The number of rotatable bonds is 20. The lowest BCUT2D eigenvalue weighted by molar-refractivity contribution is -0.169. The van der Waals surface area contributed by atoms with Crippen molar-refractivity contribution in [1.82, 2.24) is 0 Å². The van der Waals surface area contributed by atoms with Crippen molar-refractivity contribution in [2.45, 2.75) is 130 Å². The summed E-state index contributed by atoms with van der Waals surface area (Å²) < 4.78 is 10.6. The molecule has 0 amide bonds. The molecule has 29 heavy (non-hydrogen) atoms. The molecule has 0 rings (SSSR count). The van der Waals surface area contributed by atoms with Gasteiger partial charge in [-0.15, -0.1) is 0 Å². The summed E-state index contributed by atoms with van der Waals surface area (Å²) in [6.45, 7) is 8.35. The highest BCUT2D eigenvalue weighted by Crippen LogP contribution is 2.20. The standard InChI is InChI=1S/C25H48O4/c1-5-7-9-11-12-13-14-15-16-17-18-20-22-29-24(27)25(3,4)23(26)28-21-19-10-8-6-2/h5-22H2,1-4H3. The van der Waals surface area contributed by atoms with Crippen molar-refractivity contribution >= 4 is 11.9 Å². The Kier molecular flexibility index (Phi) is 18.2. The van der Waals surface area contributed by atoms with Gasteiger partial charge in [-0.05, 0) is 26.7 Å². The van der Waals surface area contributed by atoms with E-state index in [9.17, 15) is 9.59 Å². The molecule has 0 aromatic rings. The lowest BCUT2D eigenvalue weighted by atomic mass is 9.94. The minimum Gasteiger partial charge on any atom is -0.465 e. The molecule has 172 valence electrons. The molecule has 0 heterocycles. The summed E-state index contributed by atoms with van der Waals surface area (Å²) in [5.41, 5.74) is -1.22. The highest BCUT2D eigenvalue weighted by molar-refractivity contribution is 5.99. The van der Waals surface area contributed by atoms with Crippen LogP contribution in [0.15, 0.2) is 0 Å². The summed E-state index contributed by atoms with van der Waals surface area (Å²) >= 11 is 0. The Morgan fingerprint density at radius 2 is 0.793 bits per heavy atom. The SMILES string of the molecule is CCCCCCCCCCCCCCOC(=O)C(C)(C)C(=O)OCCCCCC. The normalized spacial score (nSPS) is 11.4. The van der Waals surface area contributed by atoms with Gasteiger partial charge in [-0.2, -0.15) is 0 Å². The molecule has 4 heteroatoms. The van der Waals surface area contributed by atoms with E-state index in [1.165, 1.54) is 64.2 Å². The first kappa shape index (κ1) is 27.9. The second-order valence-corrected chi connectivity index (χ2v) is 8.85. The van der Waals surface area contributed by atoms with Crippen molar-refractivity contribution < 1.29 is 19.1 Å². The van der Waals surface area contributed by atoms with Crippen LogP contribution < -0.4 is 0 Å². The highest BCUT2D eigenvalue weighted by atomic mass is 16.6. The van der Waals surface area contributed by atoms with Gasteiger partial charge in [0.1, 0.15) is 0 Å². The molecule has 0 aromatic heterocycles. The van der Waals surface area contributed by atoms with Crippen LogP contribution in [0.3, 0.4) is 0 Å². The monoisotopic (exact) mass is 412 g/mol. The van der Waals surface area contributed by atoms with Gasteiger partial charge in [-0.25, -0.2) is 0 Å². The summed E-state index contributed by atoms with van der Waals surface area (Å²) in [6, 6.07) is 0. The third-order valence-electron chi connectivity index (χ3n) is 5.48. The van der Waals surface area contributed by atoms with Crippen molar-refractivity contribution in [2.24, 2.45) is 5.41 Å². The van der Waals surface area contributed by atoms with E-state index in [1.54, 1.807) is 13.8 Å². The summed E-state index contributed by atoms with van der Waals surface area (Å²) in [4.78, 5) is 24.4. The van der Waals surface area contributed by atoms with E-state index in [0.29, 0.717) is 13.2 Å². The summed E-state index contributed by atoms with van der Waals surface area (Å²) in [7, 11) is 0. The molecular weight excluding hydrogens is 364 g/mol. The van der Waals surface area contributed by atoms with Crippen LogP contribution in [-0.4, -0.2) is 25.2 Å². The molecule has 0 saturated carbocycles. The molecule has 0 aromatic carbocycles. The van der Waals surface area contributed by atoms with E-state index in [4.69, 9.17) is 9.47 Å². The Balaban J connectivity index is 3.62. The van der Waals surface area contributed by atoms with Crippen molar-refractivity contribution in [2.75, 3.05) is 13.2 Å². The second-order valence-electron chi connectivity index (χ2n) is 8.85. The molecule has 0 aliphatic carbocycles. The quantitative estimate of drug-likeness (QED) is 0.119. The van der Waals surface area contributed by atoms with Crippen molar-refractivity contribution in [3.05, 3.63) is 0 Å². The van der Waals surface area contributed by atoms with Crippen LogP contribution in [0.2, 0.25) is 0 Å². The van der Waals surface area contributed by atoms with Crippen molar-refractivity contribution in [1.29, 1.82) is 0 Å². The molecule has 0 spiro atoms. The Labute approximate surface area is 180 Å². The van der Waals surface area contributed by atoms with E-state index >= 15 is 0 Å². The molecular formula is C25H48O4. The van der Waals surface area contributed by atoms with Gasteiger partial charge in [-0.1, -0.05) is 104 Å². The first-order chi connectivity index (χ1) is 14.0. The molecule has 0 unspecified atom stereocenters. The van der Waals surface area contributed by atoms with Crippen LogP contribution in [0.1, 0.15) is 130 Å². The van der Waals surface area contributed by atoms with E-state index < -0.39 is 17.4 Å². The van der Waals surface area contributed by atoms with Gasteiger partial charge >= 0.3 is 11.9 Å². The Hall–Kier alpha value is -1.06. The maximum atomic E-state index is 12.2. The smallest absolute Gasteiger partial charge is 0.322 e.